The zero-order valence-corrected chi connectivity index (χ0v) is 10.8. The Morgan fingerprint density at radius 3 is 2.56 bits per heavy atom. The van der Waals surface area contributed by atoms with Crippen LogP contribution in [0.4, 0.5) is 5.69 Å². The van der Waals surface area contributed by atoms with E-state index in [0.29, 0.717) is 18.0 Å². The highest BCUT2D eigenvalue weighted by Crippen LogP contribution is 2.13. The SMILES string of the molecule is CC(C)(CO)CNC(=O)COc1ccc(N)cc1. The molecule has 1 rings (SSSR count). The minimum absolute atomic E-state index is 0.0199. The van der Waals surface area contributed by atoms with Crippen molar-refractivity contribution in [3.8, 4) is 5.75 Å². The quantitative estimate of drug-likeness (QED) is 0.653. The molecule has 1 aromatic rings. The normalized spacial score (nSPS) is 11.1. The van der Waals surface area contributed by atoms with Crippen molar-refractivity contribution in [2.75, 3.05) is 25.5 Å². The third-order valence-electron chi connectivity index (χ3n) is 2.44. The number of carbonyl (C=O) groups is 1. The van der Waals surface area contributed by atoms with Gasteiger partial charge >= 0.3 is 0 Å². The molecule has 0 aromatic heterocycles. The second-order valence-electron chi connectivity index (χ2n) is 4.96. The van der Waals surface area contributed by atoms with Crippen LogP contribution in [0.5, 0.6) is 5.75 Å². The topological polar surface area (TPSA) is 84.6 Å². The van der Waals surface area contributed by atoms with Gasteiger partial charge in [-0.1, -0.05) is 13.8 Å². The van der Waals surface area contributed by atoms with Gasteiger partial charge in [-0.3, -0.25) is 4.79 Å². The molecule has 0 aliphatic carbocycles. The molecule has 0 aliphatic heterocycles. The molecule has 0 spiro atoms. The maximum absolute atomic E-state index is 11.5. The van der Waals surface area contributed by atoms with Crippen LogP contribution in [0.1, 0.15) is 13.8 Å². The number of aliphatic hydroxyl groups excluding tert-OH is 1. The zero-order valence-electron chi connectivity index (χ0n) is 10.8. The van der Waals surface area contributed by atoms with Crippen molar-refractivity contribution < 1.29 is 14.6 Å². The van der Waals surface area contributed by atoms with Gasteiger partial charge < -0.3 is 20.9 Å². The van der Waals surface area contributed by atoms with Crippen molar-refractivity contribution >= 4 is 11.6 Å². The maximum Gasteiger partial charge on any atom is 0.257 e. The summed E-state index contributed by atoms with van der Waals surface area (Å²) in [6.45, 7) is 4.12. The number of anilines is 1. The molecule has 0 aliphatic rings. The third-order valence-corrected chi connectivity index (χ3v) is 2.44. The van der Waals surface area contributed by atoms with Crippen molar-refractivity contribution in [1.82, 2.24) is 5.32 Å². The molecule has 5 heteroatoms. The van der Waals surface area contributed by atoms with Crippen LogP contribution in [-0.2, 0) is 4.79 Å². The molecule has 18 heavy (non-hydrogen) atoms. The largest absolute Gasteiger partial charge is 0.484 e. The Labute approximate surface area is 107 Å². The summed E-state index contributed by atoms with van der Waals surface area (Å²) in [7, 11) is 0. The third kappa shape index (κ3) is 5.05. The van der Waals surface area contributed by atoms with Crippen LogP contribution >= 0.6 is 0 Å². The molecule has 5 nitrogen and oxygen atoms in total. The van der Waals surface area contributed by atoms with Crippen LogP contribution in [0.25, 0.3) is 0 Å². The number of carbonyl (C=O) groups excluding carboxylic acids is 1. The molecule has 100 valence electrons. The van der Waals surface area contributed by atoms with Gasteiger partial charge in [0.2, 0.25) is 0 Å². The summed E-state index contributed by atoms with van der Waals surface area (Å²) in [6, 6.07) is 6.84. The van der Waals surface area contributed by atoms with E-state index < -0.39 is 0 Å². The van der Waals surface area contributed by atoms with Gasteiger partial charge in [-0.2, -0.15) is 0 Å². The van der Waals surface area contributed by atoms with E-state index in [2.05, 4.69) is 5.32 Å². The summed E-state index contributed by atoms with van der Waals surface area (Å²) in [6.07, 6.45) is 0. The average Bonchev–Trinajstić information content (AvgIpc) is 2.36. The number of rotatable bonds is 6. The summed E-state index contributed by atoms with van der Waals surface area (Å²) in [4.78, 5) is 11.5. The number of hydrogen-bond donors (Lipinski definition) is 3. The number of nitrogens with one attached hydrogen (secondary N) is 1. The standard InChI is InChI=1S/C13H20N2O3/c1-13(2,9-16)8-15-12(17)7-18-11-5-3-10(14)4-6-11/h3-6,16H,7-9,14H2,1-2H3,(H,15,17). The molecular formula is C13H20N2O3. The van der Waals surface area contributed by atoms with E-state index in [1.165, 1.54) is 0 Å². The van der Waals surface area contributed by atoms with Crippen molar-refractivity contribution in [2.45, 2.75) is 13.8 Å². The molecule has 0 bridgehead atoms. The monoisotopic (exact) mass is 252 g/mol. The Morgan fingerprint density at radius 1 is 1.39 bits per heavy atom. The highest BCUT2D eigenvalue weighted by molar-refractivity contribution is 5.77. The number of aliphatic hydroxyl groups is 1. The molecule has 0 unspecified atom stereocenters. The highest BCUT2D eigenvalue weighted by atomic mass is 16.5. The van der Waals surface area contributed by atoms with Crippen molar-refractivity contribution in [2.24, 2.45) is 5.41 Å². The second kappa shape index (κ2) is 6.26. The number of amides is 1. The van der Waals surface area contributed by atoms with Crippen molar-refractivity contribution in [1.29, 1.82) is 0 Å². The molecular weight excluding hydrogens is 232 g/mol. The Bertz CT molecular complexity index is 388. The van der Waals surface area contributed by atoms with Gasteiger partial charge in [-0.05, 0) is 24.3 Å². The molecule has 0 saturated carbocycles. The minimum atomic E-state index is -0.323. The second-order valence-corrected chi connectivity index (χ2v) is 4.96. The van der Waals surface area contributed by atoms with E-state index in [1.807, 2.05) is 13.8 Å². The van der Waals surface area contributed by atoms with Gasteiger partial charge in [0.25, 0.3) is 5.91 Å². The minimum Gasteiger partial charge on any atom is -0.484 e. The first-order chi connectivity index (χ1) is 8.43. The van der Waals surface area contributed by atoms with Crippen LogP contribution in [-0.4, -0.2) is 30.8 Å². The first-order valence-corrected chi connectivity index (χ1v) is 5.79. The Kier molecular flexibility index (Phi) is 4.97. The smallest absolute Gasteiger partial charge is 0.257 e. The predicted octanol–water partition coefficient (Wildman–Crippen LogP) is 0.782. The van der Waals surface area contributed by atoms with Crippen molar-refractivity contribution in [3.63, 3.8) is 0 Å². The lowest BCUT2D eigenvalue weighted by molar-refractivity contribution is -0.123. The van der Waals surface area contributed by atoms with Crippen LogP contribution in [0.2, 0.25) is 0 Å². The lowest BCUT2D eigenvalue weighted by atomic mass is 9.95. The number of benzene rings is 1. The fraction of sp³-hybridized carbons (Fsp3) is 0.462. The fourth-order valence-electron chi connectivity index (χ4n) is 1.16. The van der Waals surface area contributed by atoms with Crippen LogP contribution in [0.3, 0.4) is 0 Å². The zero-order chi connectivity index (χ0) is 13.6. The van der Waals surface area contributed by atoms with Gasteiger partial charge in [0.15, 0.2) is 6.61 Å². The lowest BCUT2D eigenvalue weighted by Gasteiger charge is -2.21. The summed E-state index contributed by atoms with van der Waals surface area (Å²) in [5.41, 5.74) is 5.86. The van der Waals surface area contributed by atoms with E-state index in [9.17, 15) is 4.79 Å². The first-order valence-electron chi connectivity index (χ1n) is 5.79. The molecule has 4 N–H and O–H groups in total. The molecule has 0 saturated heterocycles. The first kappa shape index (κ1) is 14.3. The molecule has 0 fully saturated rings. The van der Waals surface area contributed by atoms with Crippen molar-refractivity contribution in [3.05, 3.63) is 24.3 Å². The Morgan fingerprint density at radius 2 is 2.00 bits per heavy atom. The van der Waals surface area contributed by atoms with E-state index in [0.717, 1.165) is 0 Å². The lowest BCUT2D eigenvalue weighted by Crippen LogP contribution is -2.38. The highest BCUT2D eigenvalue weighted by Gasteiger charge is 2.17. The summed E-state index contributed by atoms with van der Waals surface area (Å²) < 4.78 is 5.29. The van der Waals surface area contributed by atoms with Gasteiger partial charge in [-0.25, -0.2) is 0 Å². The predicted molar refractivity (Wildman–Crippen MR) is 70.2 cm³/mol. The molecule has 0 radical (unpaired) electrons. The molecule has 1 amide bonds. The fourth-order valence-corrected chi connectivity index (χ4v) is 1.16. The summed E-state index contributed by atoms with van der Waals surface area (Å²) in [5.74, 6) is 0.383. The van der Waals surface area contributed by atoms with E-state index in [-0.39, 0.29) is 24.5 Å². The number of nitrogens with two attached hydrogens (primary N) is 1. The van der Waals surface area contributed by atoms with Crippen LogP contribution < -0.4 is 15.8 Å². The maximum atomic E-state index is 11.5. The van der Waals surface area contributed by atoms with Crippen LogP contribution in [0.15, 0.2) is 24.3 Å². The average molecular weight is 252 g/mol. The van der Waals surface area contributed by atoms with E-state index in [4.69, 9.17) is 15.6 Å². The number of nitrogen functional groups attached to an aromatic ring is 1. The van der Waals surface area contributed by atoms with Gasteiger partial charge in [0, 0.05) is 24.3 Å². The molecule has 0 atom stereocenters. The molecule has 0 heterocycles. The van der Waals surface area contributed by atoms with Gasteiger partial charge in [-0.15, -0.1) is 0 Å². The summed E-state index contributed by atoms with van der Waals surface area (Å²) >= 11 is 0. The molecule has 1 aromatic carbocycles. The van der Waals surface area contributed by atoms with Gasteiger partial charge in [0.05, 0.1) is 0 Å². The van der Waals surface area contributed by atoms with Gasteiger partial charge in [0.1, 0.15) is 5.75 Å². The Hall–Kier alpha value is -1.75. The number of ether oxygens (including phenoxy) is 1. The number of hydrogen-bond acceptors (Lipinski definition) is 4. The van der Waals surface area contributed by atoms with E-state index in [1.54, 1.807) is 24.3 Å². The Balaban J connectivity index is 2.31. The van der Waals surface area contributed by atoms with Crippen LogP contribution in [0, 0.1) is 5.41 Å². The summed E-state index contributed by atoms with van der Waals surface area (Å²) in [5, 5.41) is 11.8. The van der Waals surface area contributed by atoms with E-state index >= 15 is 0 Å².